The number of aryl methyl sites for hydroxylation is 1. The monoisotopic (exact) mass is 409 g/mol. The van der Waals surface area contributed by atoms with E-state index in [2.05, 4.69) is 21.1 Å². The van der Waals surface area contributed by atoms with Gasteiger partial charge >= 0.3 is 5.97 Å². The molecular weight excluding hydrogens is 386 g/mol. The zero-order valence-electron chi connectivity index (χ0n) is 17.2. The molecule has 0 radical (unpaired) electrons. The van der Waals surface area contributed by atoms with Gasteiger partial charge in [0.2, 0.25) is 11.9 Å². The van der Waals surface area contributed by atoms with Crippen LogP contribution >= 0.6 is 0 Å². The van der Waals surface area contributed by atoms with E-state index in [4.69, 9.17) is 4.74 Å². The van der Waals surface area contributed by atoms with Crippen molar-refractivity contribution in [3.63, 3.8) is 0 Å². The fourth-order valence-electron chi connectivity index (χ4n) is 3.75. The fourth-order valence-corrected chi connectivity index (χ4v) is 3.75. The van der Waals surface area contributed by atoms with Crippen molar-refractivity contribution in [2.45, 2.75) is 25.8 Å². The van der Waals surface area contributed by atoms with Crippen LogP contribution in [0.1, 0.15) is 35.8 Å². The molecule has 1 unspecified atom stereocenters. The Morgan fingerprint density at radius 1 is 1.30 bits per heavy atom. The Morgan fingerprint density at radius 2 is 2.07 bits per heavy atom. The van der Waals surface area contributed by atoms with E-state index < -0.39 is 5.97 Å². The summed E-state index contributed by atoms with van der Waals surface area (Å²) < 4.78 is 6.30. The average Bonchev–Trinajstić information content (AvgIpc) is 3.53. The van der Waals surface area contributed by atoms with Gasteiger partial charge in [-0.3, -0.25) is 9.48 Å². The van der Waals surface area contributed by atoms with Crippen LogP contribution in [0.4, 0.5) is 5.95 Å². The summed E-state index contributed by atoms with van der Waals surface area (Å²) in [6.07, 6.45) is 5.06. The predicted octanol–water partition coefficient (Wildman–Crippen LogP) is 0.982. The second-order valence-corrected chi connectivity index (χ2v) is 7.70. The fraction of sp³-hybridized carbons (Fsp3) is 0.500. The van der Waals surface area contributed by atoms with Crippen LogP contribution in [0.5, 0.6) is 0 Å². The summed E-state index contributed by atoms with van der Waals surface area (Å²) in [5.74, 6) is 0.283. The first kappa shape index (κ1) is 19.8. The van der Waals surface area contributed by atoms with E-state index in [0.717, 1.165) is 12.8 Å². The maximum Gasteiger partial charge on any atom is 0.359 e. The summed E-state index contributed by atoms with van der Waals surface area (Å²) in [4.78, 5) is 37.5. The molecule has 156 valence electrons. The average molecular weight is 409 g/mol. The number of carbonyl (C=O) groups is 2. The number of piperazine rings is 1. The van der Waals surface area contributed by atoms with Crippen molar-refractivity contribution in [1.82, 2.24) is 24.6 Å². The molecule has 0 bridgehead atoms. The van der Waals surface area contributed by atoms with E-state index in [-0.39, 0.29) is 29.1 Å². The van der Waals surface area contributed by atoms with Gasteiger partial charge in [-0.2, -0.15) is 10.4 Å². The quantitative estimate of drug-likeness (QED) is 0.686. The molecule has 3 heterocycles. The second-order valence-electron chi connectivity index (χ2n) is 7.70. The number of ether oxygens (including phenoxy) is 1. The van der Waals surface area contributed by atoms with Crippen LogP contribution in [0.2, 0.25) is 0 Å². The van der Waals surface area contributed by atoms with E-state index >= 15 is 0 Å². The normalized spacial score (nSPS) is 18.8. The number of anilines is 1. The third-order valence-corrected chi connectivity index (χ3v) is 5.48. The van der Waals surface area contributed by atoms with Gasteiger partial charge in [0.05, 0.1) is 30.1 Å². The Morgan fingerprint density at radius 3 is 2.70 bits per heavy atom. The van der Waals surface area contributed by atoms with Crippen molar-refractivity contribution in [2.75, 3.05) is 31.6 Å². The molecule has 2 aliphatic rings. The van der Waals surface area contributed by atoms with Crippen LogP contribution in [-0.2, 0) is 16.6 Å². The lowest BCUT2D eigenvalue weighted by atomic mass is 10.1. The molecular formula is C20H23N7O3. The standard InChI is InChI=1S/C20H23N7O3/c1-12-10-26(6-7-27(12)18(28)13-4-5-13)20-22-9-14(8-21)16(23-20)15-11-25(2)24-17(15)19(29)30-3/h9,11-13H,4-7,10H2,1-3H3. The lowest BCUT2D eigenvalue weighted by Crippen LogP contribution is -2.55. The molecule has 1 saturated carbocycles. The summed E-state index contributed by atoms with van der Waals surface area (Å²) in [6, 6.07) is 2.12. The largest absolute Gasteiger partial charge is 0.464 e. The predicted molar refractivity (Wildman–Crippen MR) is 106 cm³/mol. The van der Waals surface area contributed by atoms with Gasteiger partial charge < -0.3 is 14.5 Å². The van der Waals surface area contributed by atoms with Crippen molar-refractivity contribution in [2.24, 2.45) is 13.0 Å². The number of nitriles is 1. The van der Waals surface area contributed by atoms with Crippen molar-refractivity contribution >= 4 is 17.8 Å². The number of nitrogens with zero attached hydrogens (tertiary/aromatic N) is 7. The first-order chi connectivity index (χ1) is 14.4. The number of methoxy groups -OCH3 is 1. The Balaban J connectivity index is 1.64. The lowest BCUT2D eigenvalue weighted by Gasteiger charge is -2.40. The molecule has 1 amide bonds. The number of rotatable bonds is 4. The van der Waals surface area contributed by atoms with Gasteiger partial charge in [-0.05, 0) is 19.8 Å². The minimum Gasteiger partial charge on any atom is -0.464 e. The molecule has 0 spiro atoms. The third kappa shape index (κ3) is 3.58. The zero-order chi connectivity index (χ0) is 21.4. The van der Waals surface area contributed by atoms with Crippen LogP contribution in [0.3, 0.4) is 0 Å². The summed E-state index contributed by atoms with van der Waals surface area (Å²) >= 11 is 0. The molecule has 10 nitrogen and oxygen atoms in total. The maximum absolute atomic E-state index is 12.5. The van der Waals surface area contributed by atoms with Gasteiger partial charge in [0.15, 0.2) is 5.69 Å². The van der Waals surface area contributed by atoms with Gasteiger partial charge in [-0.1, -0.05) is 0 Å². The summed E-state index contributed by atoms with van der Waals surface area (Å²) in [5.41, 5.74) is 1.09. The summed E-state index contributed by atoms with van der Waals surface area (Å²) in [6.45, 7) is 3.83. The molecule has 1 aliphatic carbocycles. The zero-order valence-corrected chi connectivity index (χ0v) is 17.2. The molecule has 1 atom stereocenters. The molecule has 2 aromatic rings. The van der Waals surface area contributed by atoms with Crippen LogP contribution in [0, 0.1) is 17.2 Å². The van der Waals surface area contributed by atoms with E-state index in [9.17, 15) is 14.9 Å². The molecule has 30 heavy (non-hydrogen) atoms. The van der Waals surface area contributed by atoms with E-state index in [1.54, 1.807) is 13.2 Å². The van der Waals surface area contributed by atoms with Crippen molar-refractivity contribution in [3.05, 3.63) is 23.7 Å². The summed E-state index contributed by atoms with van der Waals surface area (Å²) in [5, 5.41) is 13.7. The van der Waals surface area contributed by atoms with Crippen LogP contribution in [-0.4, -0.2) is 69.3 Å². The Hall–Kier alpha value is -3.48. The van der Waals surface area contributed by atoms with Gasteiger partial charge in [0.25, 0.3) is 0 Å². The Bertz CT molecular complexity index is 1040. The first-order valence-corrected chi connectivity index (χ1v) is 9.87. The molecule has 10 heteroatoms. The number of aromatic nitrogens is 4. The highest BCUT2D eigenvalue weighted by molar-refractivity contribution is 5.95. The van der Waals surface area contributed by atoms with Gasteiger partial charge in [-0.25, -0.2) is 14.8 Å². The maximum atomic E-state index is 12.5. The van der Waals surface area contributed by atoms with Gasteiger partial charge in [-0.15, -0.1) is 0 Å². The topological polar surface area (TPSA) is 117 Å². The second kappa shape index (κ2) is 7.74. The van der Waals surface area contributed by atoms with Crippen LogP contribution in [0.25, 0.3) is 11.3 Å². The number of esters is 1. The number of hydrogen-bond acceptors (Lipinski definition) is 8. The highest BCUT2D eigenvalue weighted by atomic mass is 16.5. The summed E-state index contributed by atoms with van der Waals surface area (Å²) in [7, 11) is 2.96. The van der Waals surface area contributed by atoms with E-state index in [1.165, 1.54) is 18.0 Å². The highest BCUT2D eigenvalue weighted by Crippen LogP contribution is 2.33. The van der Waals surface area contributed by atoms with E-state index in [1.807, 2.05) is 16.7 Å². The van der Waals surface area contributed by atoms with Crippen molar-refractivity contribution < 1.29 is 14.3 Å². The first-order valence-electron chi connectivity index (χ1n) is 9.87. The van der Waals surface area contributed by atoms with Crippen LogP contribution < -0.4 is 4.90 Å². The minimum absolute atomic E-state index is 0.0403. The smallest absolute Gasteiger partial charge is 0.359 e. The molecule has 0 N–H and O–H groups in total. The SMILES string of the molecule is COC(=O)c1nn(C)cc1-c1nc(N2CCN(C(=O)C3CC3)C(C)C2)ncc1C#N. The molecule has 1 aliphatic heterocycles. The van der Waals surface area contributed by atoms with Crippen molar-refractivity contribution in [1.29, 1.82) is 5.26 Å². The van der Waals surface area contributed by atoms with Gasteiger partial charge in [0.1, 0.15) is 6.07 Å². The van der Waals surface area contributed by atoms with Crippen LogP contribution in [0.15, 0.2) is 12.4 Å². The Labute approximate surface area is 174 Å². The number of carbonyl (C=O) groups excluding carboxylic acids is 2. The van der Waals surface area contributed by atoms with E-state index in [0.29, 0.717) is 36.8 Å². The molecule has 1 saturated heterocycles. The molecule has 4 rings (SSSR count). The molecule has 2 fully saturated rings. The van der Waals surface area contributed by atoms with Gasteiger partial charge in [0, 0.05) is 44.8 Å². The molecule has 2 aromatic heterocycles. The van der Waals surface area contributed by atoms with Crippen molar-refractivity contribution in [3.8, 4) is 17.3 Å². The highest BCUT2D eigenvalue weighted by Gasteiger charge is 2.37. The number of hydrogen-bond donors (Lipinski definition) is 0. The molecule has 0 aromatic carbocycles. The minimum atomic E-state index is -0.601. The Kier molecular flexibility index (Phi) is 5.11. The third-order valence-electron chi connectivity index (χ3n) is 5.48. The number of amides is 1. The lowest BCUT2D eigenvalue weighted by molar-refractivity contribution is -0.134.